The Balaban J connectivity index is 1.82. The summed E-state index contributed by atoms with van der Waals surface area (Å²) in [7, 11) is 2.19. The molecule has 0 saturated heterocycles. The predicted octanol–water partition coefficient (Wildman–Crippen LogP) is 6.07. The summed E-state index contributed by atoms with van der Waals surface area (Å²) in [6.07, 6.45) is 0. The summed E-state index contributed by atoms with van der Waals surface area (Å²) in [5, 5.41) is 6.19. The molecule has 2 aromatic carbocycles. The van der Waals surface area contributed by atoms with Gasteiger partial charge in [-0.3, -0.25) is 0 Å². The summed E-state index contributed by atoms with van der Waals surface area (Å²) in [6, 6.07) is 19.9. The number of benzene rings is 2. The summed E-state index contributed by atoms with van der Waals surface area (Å²) < 4.78 is 5.15. The monoisotopic (exact) mass is 346 g/mol. The van der Waals surface area contributed by atoms with Gasteiger partial charge in [0.25, 0.3) is 4.83 Å². The highest BCUT2D eigenvalue weighted by Crippen LogP contribution is 2.37. The van der Waals surface area contributed by atoms with Crippen molar-refractivity contribution in [2.45, 2.75) is 6.92 Å². The number of pyridine rings is 1. The summed E-state index contributed by atoms with van der Waals surface area (Å²) in [5.74, 6) is 0. The molecule has 0 spiro atoms. The van der Waals surface area contributed by atoms with E-state index in [4.69, 9.17) is 0 Å². The Labute approximate surface area is 148 Å². The molecular formula is C21H16NS2+. The molecule has 1 nitrogen and oxygen atoms in total. The van der Waals surface area contributed by atoms with Gasteiger partial charge in [-0.05, 0) is 46.8 Å². The first-order valence-corrected chi connectivity index (χ1v) is 9.71. The second-order valence-electron chi connectivity index (χ2n) is 6.17. The Morgan fingerprint density at radius 3 is 2.67 bits per heavy atom. The fourth-order valence-electron chi connectivity index (χ4n) is 3.59. The molecule has 0 radical (unpaired) electrons. The highest BCUT2D eigenvalue weighted by molar-refractivity contribution is 7.31. The van der Waals surface area contributed by atoms with Crippen molar-refractivity contribution in [3.63, 3.8) is 0 Å². The van der Waals surface area contributed by atoms with Crippen molar-refractivity contribution < 1.29 is 4.57 Å². The zero-order valence-corrected chi connectivity index (χ0v) is 15.2. The van der Waals surface area contributed by atoms with Crippen molar-refractivity contribution >= 4 is 53.1 Å². The number of hydrogen-bond donors (Lipinski definition) is 0. The average molecular weight is 347 g/mol. The molecule has 0 aliphatic rings. The fraction of sp³-hybridized carbons (Fsp3) is 0.0952. The highest BCUT2D eigenvalue weighted by atomic mass is 32.1. The van der Waals surface area contributed by atoms with E-state index in [1.54, 1.807) is 0 Å². The molecule has 0 saturated carbocycles. The fourth-order valence-corrected chi connectivity index (χ4v) is 5.88. The van der Waals surface area contributed by atoms with Gasteiger partial charge >= 0.3 is 0 Å². The lowest BCUT2D eigenvalue weighted by molar-refractivity contribution is -0.631. The van der Waals surface area contributed by atoms with Gasteiger partial charge in [-0.25, -0.2) is 0 Å². The first kappa shape index (κ1) is 14.1. The quantitative estimate of drug-likeness (QED) is 0.324. The molecule has 24 heavy (non-hydrogen) atoms. The molecule has 5 rings (SSSR count). The van der Waals surface area contributed by atoms with E-state index in [0.717, 1.165) is 0 Å². The van der Waals surface area contributed by atoms with Crippen LogP contribution in [-0.4, -0.2) is 0 Å². The highest BCUT2D eigenvalue weighted by Gasteiger charge is 2.20. The van der Waals surface area contributed by atoms with Crippen LogP contribution in [0.2, 0.25) is 0 Å². The number of hydrogen-bond acceptors (Lipinski definition) is 2. The molecular weight excluding hydrogens is 330 g/mol. The molecule has 0 aliphatic heterocycles. The molecule has 0 unspecified atom stereocenters. The normalized spacial score (nSPS) is 11.8. The molecule has 0 atom stereocenters. The zero-order chi connectivity index (χ0) is 16.3. The molecule has 3 aromatic heterocycles. The zero-order valence-electron chi connectivity index (χ0n) is 13.5. The van der Waals surface area contributed by atoms with Crippen LogP contribution in [0.1, 0.15) is 5.56 Å². The second-order valence-corrected chi connectivity index (χ2v) is 8.12. The maximum Gasteiger partial charge on any atom is 0.271 e. The van der Waals surface area contributed by atoms with Crippen LogP contribution in [0.3, 0.4) is 0 Å². The van der Waals surface area contributed by atoms with E-state index in [0.29, 0.717) is 0 Å². The third-order valence-electron chi connectivity index (χ3n) is 4.86. The third kappa shape index (κ3) is 1.89. The van der Waals surface area contributed by atoms with E-state index in [2.05, 4.69) is 78.5 Å². The van der Waals surface area contributed by atoms with E-state index in [-0.39, 0.29) is 0 Å². The van der Waals surface area contributed by atoms with Crippen LogP contribution in [-0.2, 0) is 7.05 Å². The average Bonchev–Trinajstić information content (AvgIpc) is 3.18. The van der Waals surface area contributed by atoms with Crippen LogP contribution >= 0.6 is 22.7 Å². The SMILES string of the molecule is Cc1c(-c2ccc3c4sccc4sc3[n+]2C)ccc2ccccc12. The molecule has 116 valence electrons. The summed E-state index contributed by atoms with van der Waals surface area (Å²) >= 11 is 3.72. The number of aromatic nitrogens is 1. The van der Waals surface area contributed by atoms with E-state index in [1.165, 1.54) is 47.2 Å². The van der Waals surface area contributed by atoms with Crippen molar-refractivity contribution in [1.82, 2.24) is 0 Å². The van der Waals surface area contributed by atoms with Crippen LogP contribution in [0, 0.1) is 6.92 Å². The second kappa shape index (κ2) is 5.13. The van der Waals surface area contributed by atoms with E-state index in [9.17, 15) is 0 Å². The molecule has 0 bridgehead atoms. The van der Waals surface area contributed by atoms with Crippen molar-refractivity contribution in [3.8, 4) is 11.3 Å². The smallest absolute Gasteiger partial charge is 0.185 e. The molecule has 0 aliphatic carbocycles. The van der Waals surface area contributed by atoms with Crippen LogP contribution in [0.25, 0.3) is 41.6 Å². The minimum atomic E-state index is 1.28. The minimum Gasteiger partial charge on any atom is -0.185 e. The standard InChI is InChI=1S/C21H16NS2/c1-13-15-6-4-3-5-14(15)7-8-16(13)18-10-9-17-20-19(11-12-23-20)24-21(17)22(18)2/h3-12H,1-2H3/q+1. The summed E-state index contributed by atoms with van der Waals surface area (Å²) in [5.41, 5.74) is 3.94. The number of nitrogens with zero attached hydrogens (tertiary/aromatic N) is 1. The lowest BCUT2D eigenvalue weighted by Gasteiger charge is -2.08. The van der Waals surface area contributed by atoms with Crippen LogP contribution in [0.5, 0.6) is 0 Å². The van der Waals surface area contributed by atoms with Gasteiger partial charge < -0.3 is 0 Å². The van der Waals surface area contributed by atoms with Gasteiger partial charge in [0.1, 0.15) is 7.05 Å². The predicted molar refractivity (Wildman–Crippen MR) is 106 cm³/mol. The van der Waals surface area contributed by atoms with Crippen LogP contribution in [0.4, 0.5) is 0 Å². The number of fused-ring (bicyclic) bond motifs is 4. The van der Waals surface area contributed by atoms with Gasteiger partial charge in [0.2, 0.25) is 5.69 Å². The number of rotatable bonds is 1. The molecule has 3 heteroatoms. The molecule has 0 amide bonds. The Hall–Kier alpha value is -2.23. The first-order valence-electron chi connectivity index (χ1n) is 8.01. The Bertz CT molecular complexity index is 1230. The Morgan fingerprint density at radius 1 is 0.875 bits per heavy atom. The lowest BCUT2D eigenvalue weighted by atomic mass is 9.97. The van der Waals surface area contributed by atoms with Gasteiger partial charge in [0, 0.05) is 11.6 Å². The number of thiophene rings is 2. The molecule has 5 aromatic rings. The van der Waals surface area contributed by atoms with Gasteiger partial charge in [-0.1, -0.05) is 41.7 Å². The molecule has 0 N–H and O–H groups in total. The van der Waals surface area contributed by atoms with Crippen molar-refractivity contribution in [2.24, 2.45) is 7.05 Å². The largest absolute Gasteiger partial charge is 0.271 e. The molecule has 3 heterocycles. The van der Waals surface area contributed by atoms with Gasteiger partial charge in [0.15, 0.2) is 0 Å². The summed E-state index contributed by atoms with van der Waals surface area (Å²) in [4.78, 5) is 1.35. The van der Waals surface area contributed by atoms with Gasteiger partial charge in [-0.2, -0.15) is 4.57 Å². The molecule has 0 fully saturated rings. The van der Waals surface area contributed by atoms with Crippen molar-refractivity contribution in [3.05, 3.63) is 65.5 Å². The van der Waals surface area contributed by atoms with E-state index in [1.807, 2.05) is 22.7 Å². The summed E-state index contributed by atoms with van der Waals surface area (Å²) in [6.45, 7) is 2.23. The van der Waals surface area contributed by atoms with E-state index < -0.39 is 0 Å². The Kier molecular flexibility index (Phi) is 3.02. The van der Waals surface area contributed by atoms with Gasteiger partial charge in [0.05, 0.1) is 14.8 Å². The van der Waals surface area contributed by atoms with Crippen LogP contribution in [0.15, 0.2) is 60.0 Å². The van der Waals surface area contributed by atoms with Gasteiger partial charge in [-0.15, -0.1) is 11.3 Å². The van der Waals surface area contributed by atoms with E-state index >= 15 is 0 Å². The maximum atomic E-state index is 2.35. The lowest BCUT2D eigenvalue weighted by Crippen LogP contribution is -2.31. The Morgan fingerprint density at radius 2 is 1.75 bits per heavy atom. The topological polar surface area (TPSA) is 3.88 Å². The van der Waals surface area contributed by atoms with Crippen LogP contribution < -0.4 is 4.57 Å². The maximum absolute atomic E-state index is 2.35. The first-order chi connectivity index (χ1) is 11.7. The number of aryl methyl sites for hydroxylation is 2. The minimum absolute atomic E-state index is 1.28. The third-order valence-corrected chi connectivity index (χ3v) is 7.18. The van der Waals surface area contributed by atoms with Crippen molar-refractivity contribution in [1.29, 1.82) is 0 Å². The van der Waals surface area contributed by atoms with Crippen molar-refractivity contribution in [2.75, 3.05) is 0 Å².